The molecule has 0 aromatic carbocycles. The highest BCUT2D eigenvalue weighted by Gasteiger charge is 2.17. The van der Waals surface area contributed by atoms with Crippen molar-refractivity contribution in [3.05, 3.63) is 42.5 Å². The van der Waals surface area contributed by atoms with Crippen LogP contribution in [-0.2, 0) is 11.3 Å². The molecule has 0 aliphatic heterocycles. The molecule has 0 unspecified atom stereocenters. The summed E-state index contributed by atoms with van der Waals surface area (Å²) in [6.45, 7) is 4.25. The van der Waals surface area contributed by atoms with Gasteiger partial charge in [0.15, 0.2) is 11.6 Å². The Labute approximate surface area is 151 Å². The van der Waals surface area contributed by atoms with Gasteiger partial charge in [-0.1, -0.05) is 0 Å². The topological polar surface area (TPSA) is 84.2 Å². The highest BCUT2D eigenvalue weighted by Crippen LogP contribution is 2.24. The average Bonchev–Trinajstić information content (AvgIpc) is 3.06. The molecule has 0 spiro atoms. The number of hydrogen-bond donors (Lipinski definition) is 0. The van der Waals surface area contributed by atoms with Crippen molar-refractivity contribution >= 4 is 0 Å². The van der Waals surface area contributed by atoms with Crippen LogP contribution in [0, 0.1) is 0 Å². The predicted octanol–water partition coefficient (Wildman–Crippen LogP) is 2.67. The Morgan fingerprint density at radius 3 is 2.42 bits per heavy atom. The molecule has 3 aromatic rings. The van der Waals surface area contributed by atoms with Gasteiger partial charge in [-0.25, -0.2) is 9.97 Å². The third-order valence-corrected chi connectivity index (χ3v) is 3.53. The Kier molecular flexibility index (Phi) is 5.43. The fourth-order valence-electron chi connectivity index (χ4n) is 2.46. The van der Waals surface area contributed by atoms with Gasteiger partial charge in [0.25, 0.3) is 0 Å². The summed E-state index contributed by atoms with van der Waals surface area (Å²) in [6, 6.07) is 7.38. The minimum atomic E-state index is 0.0879. The second-order valence-corrected chi connectivity index (χ2v) is 5.81. The smallest absolute Gasteiger partial charge is 0.213 e. The molecule has 136 valence electrons. The zero-order chi connectivity index (χ0) is 18.5. The van der Waals surface area contributed by atoms with Gasteiger partial charge in [-0.15, -0.1) is 10.2 Å². The Hall–Kier alpha value is -3.00. The molecule has 0 radical (unpaired) electrons. The first-order valence-corrected chi connectivity index (χ1v) is 8.19. The van der Waals surface area contributed by atoms with Crippen LogP contribution in [0.5, 0.6) is 11.6 Å². The molecule has 0 aliphatic carbocycles. The quantitative estimate of drug-likeness (QED) is 0.644. The van der Waals surface area contributed by atoms with Gasteiger partial charge in [-0.2, -0.15) is 0 Å². The number of methoxy groups -OCH3 is 2. The number of aromatic nitrogens is 5. The second kappa shape index (κ2) is 7.92. The Morgan fingerprint density at radius 1 is 1.00 bits per heavy atom. The number of rotatable bonds is 7. The summed E-state index contributed by atoms with van der Waals surface area (Å²) >= 11 is 0. The number of ether oxygens (including phenoxy) is 3. The van der Waals surface area contributed by atoms with Crippen LogP contribution < -0.4 is 9.47 Å². The molecule has 0 atom stereocenters. The lowest BCUT2D eigenvalue weighted by Crippen LogP contribution is -2.07. The SMILES string of the molecule is COCc1nnc(-c2ccc(OC(C)C)cn2)n1-c1ccc(OC)nc1. The van der Waals surface area contributed by atoms with E-state index in [1.54, 1.807) is 32.7 Å². The maximum Gasteiger partial charge on any atom is 0.213 e. The van der Waals surface area contributed by atoms with Crippen LogP contribution >= 0.6 is 0 Å². The largest absolute Gasteiger partial charge is 0.489 e. The fraction of sp³-hybridized carbons (Fsp3) is 0.333. The molecule has 8 heteroatoms. The van der Waals surface area contributed by atoms with E-state index in [9.17, 15) is 0 Å². The average molecular weight is 355 g/mol. The molecule has 0 saturated carbocycles. The van der Waals surface area contributed by atoms with Crippen molar-refractivity contribution in [2.75, 3.05) is 14.2 Å². The minimum absolute atomic E-state index is 0.0879. The molecule has 3 heterocycles. The van der Waals surface area contributed by atoms with Crippen molar-refractivity contribution in [2.45, 2.75) is 26.6 Å². The zero-order valence-electron chi connectivity index (χ0n) is 15.2. The summed E-state index contributed by atoms with van der Waals surface area (Å²) in [7, 11) is 3.19. The van der Waals surface area contributed by atoms with E-state index in [0.29, 0.717) is 35.6 Å². The Morgan fingerprint density at radius 2 is 1.85 bits per heavy atom. The monoisotopic (exact) mass is 355 g/mol. The van der Waals surface area contributed by atoms with Crippen molar-refractivity contribution in [2.24, 2.45) is 0 Å². The van der Waals surface area contributed by atoms with Crippen LogP contribution in [-0.4, -0.2) is 45.1 Å². The number of nitrogens with zero attached hydrogens (tertiary/aromatic N) is 5. The summed E-state index contributed by atoms with van der Waals surface area (Å²) in [5, 5.41) is 8.51. The highest BCUT2D eigenvalue weighted by atomic mass is 16.5. The van der Waals surface area contributed by atoms with E-state index in [-0.39, 0.29) is 6.10 Å². The summed E-state index contributed by atoms with van der Waals surface area (Å²) in [4.78, 5) is 8.72. The molecular formula is C18H21N5O3. The van der Waals surface area contributed by atoms with Gasteiger partial charge >= 0.3 is 0 Å². The maximum atomic E-state index is 5.64. The van der Waals surface area contributed by atoms with Crippen LogP contribution in [0.15, 0.2) is 36.7 Å². The van der Waals surface area contributed by atoms with Gasteiger partial charge in [0.2, 0.25) is 5.88 Å². The van der Waals surface area contributed by atoms with E-state index < -0.39 is 0 Å². The molecule has 0 fully saturated rings. The van der Waals surface area contributed by atoms with Crippen LogP contribution in [0.1, 0.15) is 19.7 Å². The third-order valence-electron chi connectivity index (χ3n) is 3.53. The van der Waals surface area contributed by atoms with Gasteiger partial charge in [-0.05, 0) is 32.0 Å². The maximum absolute atomic E-state index is 5.64. The molecule has 8 nitrogen and oxygen atoms in total. The Balaban J connectivity index is 2.01. The standard InChI is InChI=1S/C18H21N5O3/c1-12(2)26-14-6-7-15(19-10-14)18-22-21-16(11-24-3)23(18)13-5-8-17(25-4)20-9-13/h5-10,12H,11H2,1-4H3. The summed E-state index contributed by atoms with van der Waals surface area (Å²) in [5.74, 6) is 2.49. The number of pyridine rings is 2. The first kappa shape index (κ1) is 17.8. The van der Waals surface area contributed by atoms with Crippen molar-refractivity contribution in [1.82, 2.24) is 24.7 Å². The van der Waals surface area contributed by atoms with Gasteiger partial charge in [0.05, 0.1) is 31.3 Å². The van der Waals surface area contributed by atoms with Crippen molar-refractivity contribution in [1.29, 1.82) is 0 Å². The van der Waals surface area contributed by atoms with Crippen LogP contribution in [0.3, 0.4) is 0 Å². The first-order valence-electron chi connectivity index (χ1n) is 8.19. The van der Waals surface area contributed by atoms with E-state index in [2.05, 4.69) is 20.2 Å². The van der Waals surface area contributed by atoms with E-state index >= 15 is 0 Å². The summed E-state index contributed by atoms with van der Waals surface area (Å²) in [6.07, 6.45) is 3.46. The van der Waals surface area contributed by atoms with E-state index in [0.717, 1.165) is 5.69 Å². The van der Waals surface area contributed by atoms with Gasteiger partial charge in [0.1, 0.15) is 18.1 Å². The Bertz CT molecular complexity index is 844. The highest BCUT2D eigenvalue weighted by molar-refractivity contribution is 5.54. The molecule has 26 heavy (non-hydrogen) atoms. The fourth-order valence-corrected chi connectivity index (χ4v) is 2.46. The minimum Gasteiger partial charge on any atom is -0.489 e. The summed E-state index contributed by atoms with van der Waals surface area (Å²) < 4.78 is 17.9. The molecule has 0 bridgehead atoms. The van der Waals surface area contributed by atoms with Gasteiger partial charge in [0, 0.05) is 13.2 Å². The first-order chi connectivity index (χ1) is 12.6. The van der Waals surface area contributed by atoms with Gasteiger partial charge in [-0.3, -0.25) is 4.57 Å². The van der Waals surface area contributed by atoms with Crippen molar-refractivity contribution in [3.63, 3.8) is 0 Å². The van der Waals surface area contributed by atoms with Crippen LogP contribution in [0.2, 0.25) is 0 Å². The van der Waals surface area contributed by atoms with Crippen LogP contribution in [0.25, 0.3) is 17.2 Å². The third kappa shape index (κ3) is 3.80. The molecule has 0 amide bonds. The number of hydrogen-bond acceptors (Lipinski definition) is 7. The van der Waals surface area contributed by atoms with E-state index in [4.69, 9.17) is 14.2 Å². The molecule has 3 rings (SSSR count). The van der Waals surface area contributed by atoms with Gasteiger partial charge < -0.3 is 14.2 Å². The summed E-state index contributed by atoms with van der Waals surface area (Å²) in [5.41, 5.74) is 1.47. The second-order valence-electron chi connectivity index (χ2n) is 5.81. The molecule has 0 aliphatic rings. The lowest BCUT2D eigenvalue weighted by atomic mass is 10.3. The van der Waals surface area contributed by atoms with E-state index in [1.165, 1.54) is 0 Å². The molecule has 3 aromatic heterocycles. The zero-order valence-corrected chi connectivity index (χ0v) is 15.2. The molecular weight excluding hydrogens is 334 g/mol. The normalized spacial score (nSPS) is 11.0. The predicted molar refractivity (Wildman–Crippen MR) is 95.4 cm³/mol. The van der Waals surface area contributed by atoms with Crippen molar-refractivity contribution in [3.8, 4) is 28.8 Å². The van der Waals surface area contributed by atoms with Crippen LogP contribution in [0.4, 0.5) is 0 Å². The lowest BCUT2D eigenvalue weighted by Gasteiger charge is -2.11. The molecule has 0 saturated heterocycles. The molecule has 0 N–H and O–H groups in total. The van der Waals surface area contributed by atoms with Crippen molar-refractivity contribution < 1.29 is 14.2 Å². The lowest BCUT2D eigenvalue weighted by molar-refractivity contribution is 0.176. The van der Waals surface area contributed by atoms with E-state index in [1.807, 2.05) is 36.6 Å².